The number of benzene rings is 3. The summed E-state index contributed by atoms with van der Waals surface area (Å²) in [7, 11) is 3.45. The van der Waals surface area contributed by atoms with Crippen LogP contribution in [0.1, 0.15) is 22.5 Å². The fourth-order valence-corrected chi connectivity index (χ4v) is 4.17. The van der Waals surface area contributed by atoms with Gasteiger partial charge in [-0.25, -0.2) is 0 Å². The van der Waals surface area contributed by atoms with Gasteiger partial charge >= 0.3 is 0 Å². The molecule has 4 nitrogen and oxygen atoms in total. The molecule has 4 heteroatoms. The second kappa shape index (κ2) is 7.64. The van der Waals surface area contributed by atoms with Gasteiger partial charge in [-0.05, 0) is 47.2 Å². The third-order valence-electron chi connectivity index (χ3n) is 5.62. The summed E-state index contributed by atoms with van der Waals surface area (Å²) in [5, 5.41) is 2.43. The van der Waals surface area contributed by atoms with E-state index in [9.17, 15) is 0 Å². The second-order valence-electron chi connectivity index (χ2n) is 7.59. The maximum absolute atomic E-state index is 5.75. The van der Waals surface area contributed by atoms with Crippen molar-refractivity contribution >= 4 is 21.8 Å². The minimum Gasteiger partial charge on any atom is -0.496 e. The lowest BCUT2D eigenvalue weighted by Gasteiger charge is -2.14. The largest absolute Gasteiger partial charge is 0.496 e. The van der Waals surface area contributed by atoms with E-state index in [4.69, 9.17) is 9.47 Å². The van der Waals surface area contributed by atoms with Crippen molar-refractivity contribution in [3.05, 3.63) is 95.3 Å². The number of fused-ring (bicyclic) bond motifs is 2. The van der Waals surface area contributed by atoms with Gasteiger partial charge in [-0.2, -0.15) is 0 Å². The van der Waals surface area contributed by atoms with Crippen molar-refractivity contribution in [2.75, 3.05) is 14.2 Å². The third-order valence-corrected chi connectivity index (χ3v) is 5.62. The van der Waals surface area contributed by atoms with Gasteiger partial charge in [-0.15, -0.1) is 0 Å². The highest BCUT2D eigenvalue weighted by atomic mass is 16.5. The van der Waals surface area contributed by atoms with E-state index in [0.717, 1.165) is 57.9 Å². The standard InChI is InChI=1S/C26H24N2O2/c1-29-25-15-20(14-22-12-18-8-4-6-10-24(18)28-22)26(30-2)16-19(25)13-21-11-17-7-3-5-9-23(17)27-21/h3-12,15-16,27-28H,13-14H2,1-2H3. The van der Waals surface area contributed by atoms with Crippen LogP contribution in [0.5, 0.6) is 11.5 Å². The van der Waals surface area contributed by atoms with E-state index in [-0.39, 0.29) is 0 Å². The van der Waals surface area contributed by atoms with Gasteiger partial charge in [0.1, 0.15) is 11.5 Å². The summed E-state index contributed by atoms with van der Waals surface area (Å²) in [6.45, 7) is 0. The molecule has 0 spiro atoms. The fraction of sp³-hybridized carbons (Fsp3) is 0.154. The number of hydrogen-bond donors (Lipinski definition) is 2. The Balaban J connectivity index is 1.48. The first kappa shape index (κ1) is 18.4. The number of aromatic nitrogens is 2. The van der Waals surface area contributed by atoms with Gasteiger partial charge in [0.2, 0.25) is 0 Å². The van der Waals surface area contributed by atoms with Crippen molar-refractivity contribution in [1.82, 2.24) is 9.97 Å². The molecule has 5 rings (SSSR count). The average Bonchev–Trinajstić information content (AvgIpc) is 3.37. The topological polar surface area (TPSA) is 50.0 Å². The number of H-pyrrole nitrogens is 2. The molecule has 5 aromatic rings. The molecular formula is C26H24N2O2. The molecule has 0 bridgehead atoms. The van der Waals surface area contributed by atoms with Crippen LogP contribution in [-0.4, -0.2) is 24.2 Å². The minimum atomic E-state index is 0.751. The molecule has 0 amide bonds. The van der Waals surface area contributed by atoms with E-state index >= 15 is 0 Å². The molecule has 0 saturated heterocycles. The zero-order chi connectivity index (χ0) is 20.5. The first-order valence-corrected chi connectivity index (χ1v) is 10.1. The quantitative estimate of drug-likeness (QED) is 0.378. The van der Waals surface area contributed by atoms with Crippen LogP contribution >= 0.6 is 0 Å². The lowest BCUT2D eigenvalue weighted by Crippen LogP contribution is -2.00. The summed E-state index contributed by atoms with van der Waals surface area (Å²) >= 11 is 0. The van der Waals surface area contributed by atoms with Crippen LogP contribution in [0.2, 0.25) is 0 Å². The van der Waals surface area contributed by atoms with Crippen molar-refractivity contribution in [3.8, 4) is 11.5 Å². The highest BCUT2D eigenvalue weighted by Crippen LogP contribution is 2.33. The molecule has 0 unspecified atom stereocenters. The van der Waals surface area contributed by atoms with Crippen molar-refractivity contribution in [2.24, 2.45) is 0 Å². The van der Waals surface area contributed by atoms with Gasteiger partial charge in [0.25, 0.3) is 0 Å². The normalized spacial score (nSPS) is 11.3. The summed E-state index contributed by atoms with van der Waals surface area (Å²) in [4.78, 5) is 7.00. The van der Waals surface area contributed by atoms with Crippen LogP contribution in [0.4, 0.5) is 0 Å². The lowest BCUT2D eigenvalue weighted by molar-refractivity contribution is 0.396. The monoisotopic (exact) mass is 396 g/mol. The van der Waals surface area contributed by atoms with Gasteiger partial charge < -0.3 is 19.4 Å². The molecule has 2 N–H and O–H groups in total. The molecule has 2 aromatic heterocycles. The molecule has 0 aliphatic rings. The number of para-hydroxylation sites is 2. The van der Waals surface area contributed by atoms with Crippen molar-refractivity contribution in [2.45, 2.75) is 12.8 Å². The second-order valence-corrected chi connectivity index (χ2v) is 7.59. The number of rotatable bonds is 6. The Kier molecular flexibility index (Phi) is 4.68. The number of nitrogens with one attached hydrogen (secondary N) is 2. The summed E-state index contributed by atoms with van der Waals surface area (Å²) < 4.78 is 11.5. The van der Waals surface area contributed by atoms with Crippen LogP contribution in [0, 0.1) is 0 Å². The molecule has 3 aromatic carbocycles. The maximum Gasteiger partial charge on any atom is 0.123 e. The zero-order valence-electron chi connectivity index (χ0n) is 17.2. The van der Waals surface area contributed by atoms with Gasteiger partial charge in [0.05, 0.1) is 14.2 Å². The molecule has 150 valence electrons. The van der Waals surface area contributed by atoms with Crippen LogP contribution in [0.3, 0.4) is 0 Å². The van der Waals surface area contributed by atoms with Gasteiger partial charge in [0.15, 0.2) is 0 Å². The van der Waals surface area contributed by atoms with E-state index < -0.39 is 0 Å². The first-order valence-electron chi connectivity index (χ1n) is 10.1. The smallest absolute Gasteiger partial charge is 0.123 e. The Hall–Kier alpha value is -3.66. The van der Waals surface area contributed by atoms with E-state index in [1.54, 1.807) is 14.2 Å². The van der Waals surface area contributed by atoms with Crippen molar-refractivity contribution in [1.29, 1.82) is 0 Å². The predicted octanol–water partition coefficient (Wildman–Crippen LogP) is 5.85. The molecule has 2 heterocycles. The van der Waals surface area contributed by atoms with Crippen LogP contribution < -0.4 is 9.47 Å². The Labute approximate surface area is 175 Å². The highest BCUT2D eigenvalue weighted by molar-refractivity contribution is 5.81. The van der Waals surface area contributed by atoms with E-state index in [2.05, 4.69) is 70.6 Å². The van der Waals surface area contributed by atoms with Crippen LogP contribution in [0.25, 0.3) is 21.8 Å². The summed E-state index contributed by atoms with van der Waals surface area (Å²) in [6.07, 6.45) is 1.50. The van der Waals surface area contributed by atoms with Crippen molar-refractivity contribution < 1.29 is 9.47 Å². The lowest BCUT2D eigenvalue weighted by atomic mass is 10.0. The van der Waals surface area contributed by atoms with E-state index in [0.29, 0.717) is 0 Å². The van der Waals surface area contributed by atoms with Gasteiger partial charge in [0, 0.05) is 46.4 Å². The predicted molar refractivity (Wildman–Crippen MR) is 122 cm³/mol. The number of aromatic amines is 2. The molecule has 0 atom stereocenters. The Morgan fingerprint density at radius 3 is 1.43 bits per heavy atom. The fourth-order valence-electron chi connectivity index (χ4n) is 4.17. The highest BCUT2D eigenvalue weighted by Gasteiger charge is 2.14. The summed E-state index contributed by atoms with van der Waals surface area (Å²) in [6, 6.07) is 25.2. The molecule has 0 radical (unpaired) electrons. The summed E-state index contributed by atoms with van der Waals surface area (Å²) in [5.74, 6) is 1.75. The Morgan fingerprint density at radius 1 is 0.600 bits per heavy atom. The molecule has 0 saturated carbocycles. The van der Waals surface area contributed by atoms with Crippen LogP contribution in [0.15, 0.2) is 72.8 Å². The zero-order valence-corrected chi connectivity index (χ0v) is 17.2. The van der Waals surface area contributed by atoms with Gasteiger partial charge in [-0.1, -0.05) is 36.4 Å². The van der Waals surface area contributed by atoms with E-state index in [1.807, 2.05) is 12.1 Å². The van der Waals surface area contributed by atoms with Gasteiger partial charge in [-0.3, -0.25) is 0 Å². The summed E-state index contributed by atoms with van der Waals surface area (Å²) in [5.41, 5.74) is 6.80. The third kappa shape index (κ3) is 3.41. The SMILES string of the molecule is COc1cc(Cc2cc3ccccc3[nH]2)c(OC)cc1Cc1cc2ccccc2[nH]1. The Morgan fingerprint density at radius 2 is 1.03 bits per heavy atom. The maximum atomic E-state index is 5.75. The number of methoxy groups -OCH3 is 2. The minimum absolute atomic E-state index is 0.751. The molecule has 0 aliphatic heterocycles. The molecule has 0 aliphatic carbocycles. The Bertz CT molecular complexity index is 1160. The van der Waals surface area contributed by atoms with Crippen molar-refractivity contribution in [3.63, 3.8) is 0 Å². The van der Waals surface area contributed by atoms with E-state index in [1.165, 1.54) is 10.8 Å². The average molecular weight is 396 g/mol. The number of ether oxygens (including phenoxy) is 2. The molecule has 30 heavy (non-hydrogen) atoms. The first-order chi connectivity index (χ1) is 14.7. The van der Waals surface area contributed by atoms with Crippen LogP contribution in [-0.2, 0) is 12.8 Å². The molecular weight excluding hydrogens is 372 g/mol. The molecule has 0 fully saturated rings. The number of hydrogen-bond acceptors (Lipinski definition) is 2.